The first-order valence-corrected chi connectivity index (χ1v) is 13.1. The van der Waals surface area contributed by atoms with E-state index in [1.807, 2.05) is 0 Å². The molecule has 2 fully saturated rings. The lowest BCUT2D eigenvalue weighted by Gasteiger charge is -2.36. The van der Waals surface area contributed by atoms with Crippen molar-refractivity contribution >= 4 is 5.97 Å². The number of carboxylic acid groups (broad SMARTS) is 1. The standard InChI is InChI=1S/C30H41NO3/c1-30(2,3)26-9-13-28(14-10-26)34-27-11-7-24(8-12-27)25-6-4-5-23(19-25)21-31-17-15-22(16-18-31)20-29(32)33/h4-8,11-12,19,22,26,28H,9-10,13-18,20-21H2,1-3H3,(H,32,33). The van der Waals surface area contributed by atoms with E-state index in [-0.39, 0.29) is 0 Å². The van der Waals surface area contributed by atoms with Crippen LogP contribution in [-0.4, -0.2) is 35.2 Å². The van der Waals surface area contributed by atoms with Gasteiger partial charge in [0.1, 0.15) is 5.75 Å². The van der Waals surface area contributed by atoms with E-state index in [0.29, 0.717) is 23.9 Å². The summed E-state index contributed by atoms with van der Waals surface area (Å²) in [5.74, 6) is 1.44. The van der Waals surface area contributed by atoms with Gasteiger partial charge in [0.25, 0.3) is 0 Å². The molecule has 34 heavy (non-hydrogen) atoms. The second-order valence-corrected chi connectivity index (χ2v) is 11.5. The summed E-state index contributed by atoms with van der Waals surface area (Å²) in [6, 6.07) is 17.4. The van der Waals surface area contributed by atoms with E-state index in [2.05, 4.69) is 74.2 Å². The first-order valence-electron chi connectivity index (χ1n) is 13.1. The molecular weight excluding hydrogens is 422 g/mol. The average Bonchev–Trinajstić information content (AvgIpc) is 2.81. The fraction of sp³-hybridized carbons (Fsp3) is 0.567. The minimum Gasteiger partial charge on any atom is -0.490 e. The molecule has 4 rings (SSSR count). The maximum Gasteiger partial charge on any atom is 0.303 e. The van der Waals surface area contributed by atoms with Crippen molar-refractivity contribution in [2.24, 2.45) is 17.3 Å². The molecule has 1 saturated carbocycles. The third-order valence-corrected chi connectivity index (χ3v) is 7.89. The van der Waals surface area contributed by atoms with Gasteiger partial charge in [-0.15, -0.1) is 0 Å². The topological polar surface area (TPSA) is 49.8 Å². The Balaban J connectivity index is 1.30. The van der Waals surface area contributed by atoms with Gasteiger partial charge in [-0.05, 0) is 104 Å². The Kier molecular flexibility index (Phi) is 7.98. The summed E-state index contributed by atoms with van der Waals surface area (Å²) < 4.78 is 6.32. The number of aliphatic carboxylic acids is 1. The number of carboxylic acids is 1. The van der Waals surface area contributed by atoms with Crippen LogP contribution in [0.2, 0.25) is 0 Å². The second-order valence-electron chi connectivity index (χ2n) is 11.5. The number of ether oxygens (including phenoxy) is 1. The van der Waals surface area contributed by atoms with Gasteiger partial charge in [0.05, 0.1) is 6.10 Å². The molecule has 0 radical (unpaired) electrons. The zero-order chi connectivity index (χ0) is 24.1. The maximum atomic E-state index is 11.0. The second kappa shape index (κ2) is 10.9. The smallest absolute Gasteiger partial charge is 0.303 e. The molecule has 4 heteroatoms. The highest BCUT2D eigenvalue weighted by Crippen LogP contribution is 2.39. The number of carbonyl (C=O) groups is 1. The molecule has 0 spiro atoms. The summed E-state index contributed by atoms with van der Waals surface area (Å²) >= 11 is 0. The summed E-state index contributed by atoms with van der Waals surface area (Å²) in [5.41, 5.74) is 4.16. The Bertz CT molecular complexity index is 930. The summed E-state index contributed by atoms with van der Waals surface area (Å²) in [5, 5.41) is 9.02. The largest absolute Gasteiger partial charge is 0.490 e. The third kappa shape index (κ3) is 6.85. The van der Waals surface area contributed by atoms with Crippen molar-refractivity contribution in [3.8, 4) is 16.9 Å². The number of piperidine rings is 1. The molecular formula is C30H41NO3. The SMILES string of the molecule is CC(C)(C)C1CCC(Oc2ccc(-c3cccc(CN4CCC(CC(=O)O)CC4)c3)cc2)CC1. The van der Waals surface area contributed by atoms with Crippen molar-refractivity contribution in [3.63, 3.8) is 0 Å². The maximum absolute atomic E-state index is 11.0. The normalized spacial score (nSPS) is 22.4. The van der Waals surface area contributed by atoms with Crippen molar-refractivity contribution in [1.29, 1.82) is 0 Å². The lowest BCUT2D eigenvalue weighted by Crippen LogP contribution is -2.33. The van der Waals surface area contributed by atoms with E-state index in [0.717, 1.165) is 57.0 Å². The summed E-state index contributed by atoms with van der Waals surface area (Å²) in [7, 11) is 0. The number of likely N-dealkylation sites (tertiary alicyclic amines) is 1. The molecule has 2 aromatic rings. The molecule has 4 nitrogen and oxygen atoms in total. The quantitative estimate of drug-likeness (QED) is 0.479. The van der Waals surface area contributed by atoms with Gasteiger partial charge in [-0.3, -0.25) is 9.69 Å². The summed E-state index contributed by atoms with van der Waals surface area (Å²) in [4.78, 5) is 13.4. The van der Waals surface area contributed by atoms with E-state index in [9.17, 15) is 4.79 Å². The highest BCUT2D eigenvalue weighted by molar-refractivity contribution is 5.67. The van der Waals surface area contributed by atoms with Crippen molar-refractivity contribution in [2.75, 3.05) is 13.1 Å². The number of hydrogen-bond acceptors (Lipinski definition) is 3. The van der Waals surface area contributed by atoms with E-state index >= 15 is 0 Å². The lowest BCUT2D eigenvalue weighted by atomic mass is 9.72. The Hall–Kier alpha value is -2.33. The average molecular weight is 464 g/mol. The fourth-order valence-corrected chi connectivity index (χ4v) is 5.67. The molecule has 0 unspecified atom stereocenters. The van der Waals surface area contributed by atoms with Crippen LogP contribution in [0.1, 0.15) is 71.3 Å². The monoisotopic (exact) mass is 463 g/mol. The van der Waals surface area contributed by atoms with Gasteiger partial charge >= 0.3 is 5.97 Å². The molecule has 1 heterocycles. The van der Waals surface area contributed by atoms with Crippen LogP contribution in [0, 0.1) is 17.3 Å². The van der Waals surface area contributed by atoms with Crippen molar-refractivity contribution < 1.29 is 14.6 Å². The molecule has 0 bridgehead atoms. The van der Waals surface area contributed by atoms with Crippen LogP contribution in [0.3, 0.4) is 0 Å². The van der Waals surface area contributed by atoms with Crippen LogP contribution in [0.15, 0.2) is 48.5 Å². The Morgan fingerprint density at radius 1 is 0.941 bits per heavy atom. The highest BCUT2D eigenvalue weighted by atomic mass is 16.5. The fourth-order valence-electron chi connectivity index (χ4n) is 5.67. The predicted molar refractivity (Wildman–Crippen MR) is 138 cm³/mol. The van der Waals surface area contributed by atoms with Gasteiger partial charge < -0.3 is 9.84 Å². The van der Waals surface area contributed by atoms with E-state index in [1.54, 1.807) is 0 Å². The van der Waals surface area contributed by atoms with E-state index in [4.69, 9.17) is 9.84 Å². The zero-order valence-electron chi connectivity index (χ0n) is 21.1. The first kappa shape index (κ1) is 24.8. The molecule has 0 amide bonds. The van der Waals surface area contributed by atoms with Gasteiger partial charge in [0.2, 0.25) is 0 Å². The van der Waals surface area contributed by atoms with Crippen LogP contribution < -0.4 is 4.74 Å². The van der Waals surface area contributed by atoms with Gasteiger partial charge in [0, 0.05) is 13.0 Å². The van der Waals surface area contributed by atoms with Gasteiger partial charge in [-0.25, -0.2) is 0 Å². The minimum atomic E-state index is -0.671. The number of rotatable bonds is 7. The van der Waals surface area contributed by atoms with E-state index in [1.165, 1.54) is 29.5 Å². The van der Waals surface area contributed by atoms with Crippen LogP contribution in [-0.2, 0) is 11.3 Å². The van der Waals surface area contributed by atoms with Crippen LogP contribution >= 0.6 is 0 Å². The zero-order valence-corrected chi connectivity index (χ0v) is 21.1. The molecule has 0 aromatic heterocycles. The molecule has 1 aliphatic carbocycles. The van der Waals surface area contributed by atoms with Crippen LogP contribution in [0.5, 0.6) is 5.75 Å². The van der Waals surface area contributed by atoms with Gasteiger partial charge in [0.15, 0.2) is 0 Å². The minimum absolute atomic E-state index is 0.307. The van der Waals surface area contributed by atoms with Crippen LogP contribution in [0.25, 0.3) is 11.1 Å². The number of nitrogens with zero attached hydrogens (tertiary/aromatic N) is 1. The van der Waals surface area contributed by atoms with E-state index < -0.39 is 5.97 Å². The Morgan fingerprint density at radius 2 is 1.62 bits per heavy atom. The van der Waals surface area contributed by atoms with Crippen molar-refractivity contribution in [1.82, 2.24) is 4.90 Å². The first-order chi connectivity index (χ1) is 16.3. The Labute approximate surface area is 205 Å². The lowest BCUT2D eigenvalue weighted by molar-refractivity contribution is -0.138. The number of hydrogen-bond donors (Lipinski definition) is 1. The molecule has 2 aliphatic rings. The molecule has 0 atom stereocenters. The molecule has 1 N–H and O–H groups in total. The molecule has 184 valence electrons. The Morgan fingerprint density at radius 3 is 2.24 bits per heavy atom. The predicted octanol–water partition coefficient (Wildman–Crippen LogP) is 7.02. The molecule has 2 aromatic carbocycles. The third-order valence-electron chi connectivity index (χ3n) is 7.89. The van der Waals surface area contributed by atoms with Crippen molar-refractivity contribution in [3.05, 3.63) is 54.1 Å². The van der Waals surface area contributed by atoms with Gasteiger partial charge in [-0.1, -0.05) is 51.1 Å². The number of benzene rings is 2. The molecule has 1 saturated heterocycles. The summed E-state index contributed by atoms with van der Waals surface area (Å²) in [6.45, 7) is 9.95. The van der Waals surface area contributed by atoms with Gasteiger partial charge in [-0.2, -0.15) is 0 Å². The van der Waals surface area contributed by atoms with Crippen molar-refractivity contribution in [2.45, 2.75) is 78.4 Å². The van der Waals surface area contributed by atoms with Crippen LogP contribution in [0.4, 0.5) is 0 Å². The summed E-state index contributed by atoms with van der Waals surface area (Å²) in [6.07, 6.45) is 7.43. The molecule has 1 aliphatic heterocycles. The highest BCUT2D eigenvalue weighted by Gasteiger charge is 2.30.